The lowest BCUT2D eigenvalue weighted by molar-refractivity contribution is 0.0215. The highest BCUT2D eigenvalue weighted by atomic mass is 16.5. The van der Waals surface area contributed by atoms with Crippen LogP contribution in [-0.2, 0) is 4.74 Å². The van der Waals surface area contributed by atoms with E-state index in [0.29, 0.717) is 5.82 Å². The van der Waals surface area contributed by atoms with Crippen LogP contribution in [0.15, 0.2) is 12.4 Å². The first-order valence-corrected chi connectivity index (χ1v) is 6.05. The van der Waals surface area contributed by atoms with Gasteiger partial charge in [0, 0.05) is 20.2 Å². The van der Waals surface area contributed by atoms with E-state index in [-0.39, 0.29) is 11.8 Å². The molecular formula is C12H17N3O3. The fourth-order valence-corrected chi connectivity index (χ4v) is 1.98. The summed E-state index contributed by atoms with van der Waals surface area (Å²) >= 11 is 0. The van der Waals surface area contributed by atoms with Crippen molar-refractivity contribution in [3.8, 4) is 0 Å². The van der Waals surface area contributed by atoms with Crippen LogP contribution < -0.4 is 4.90 Å². The van der Waals surface area contributed by atoms with E-state index in [4.69, 9.17) is 9.84 Å². The summed E-state index contributed by atoms with van der Waals surface area (Å²) < 4.78 is 5.65. The molecule has 1 unspecified atom stereocenters. The Balaban J connectivity index is 1.95. The lowest BCUT2D eigenvalue weighted by Gasteiger charge is -2.27. The summed E-state index contributed by atoms with van der Waals surface area (Å²) in [5.41, 5.74) is -0.0407. The molecule has 1 fully saturated rings. The van der Waals surface area contributed by atoms with Crippen molar-refractivity contribution in [3.63, 3.8) is 0 Å². The van der Waals surface area contributed by atoms with Gasteiger partial charge in [0.1, 0.15) is 5.82 Å². The van der Waals surface area contributed by atoms with Gasteiger partial charge in [-0.05, 0) is 19.3 Å². The molecule has 1 aliphatic rings. The Morgan fingerprint density at radius 1 is 1.50 bits per heavy atom. The van der Waals surface area contributed by atoms with Crippen molar-refractivity contribution >= 4 is 11.8 Å². The van der Waals surface area contributed by atoms with Crippen LogP contribution in [0.2, 0.25) is 0 Å². The molecule has 6 nitrogen and oxygen atoms in total. The lowest BCUT2D eigenvalue weighted by Crippen LogP contribution is -2.33. The molecule has 1 N–H and O–H groups in total. The smallest absolute Gasteiger partial charge is 0.356 e. The Labute approximate surface area is 106 Å². The molecule has 1 aliphatic heterocycles. The van der Waals surface area contributed by atoms with Crippen LogP contribution in [0.3, 0.4) is 0 Å². The minimum absolute atomic E-state index is 0.0407. The van der Waals surface area contributed by atoms with Crippen LogP contribution in [0.4, 0.5) is 5.82 Å². The molecule has 1 aromatic rings. The van der Waals surface area contributed by atoms with Crippen molar-refractivity contribution in [2.45, 2.75) is 25.4 Å². The highest BCUT2D eigenvalue weighted by molar-refractivity contribution is 5.84. The van der Waals surface area contributed by atoms with Gasteiger partial charge in [0.05, 0.1) is 18.5 Å². The molecule has 0 amide bonds. The quantitative estimate of drug-likeness (QED) is 0.866. The Hall–Kier alpha value is -1.69. The van der Waals surface area contributed by atoms with Gasteiger partial charge in [-0.25, -0.2) is 14.8 Å². The van der Waals surface area contributed by atoms with Gasteiger partial charge in [0.25, 0.3) is 0 Å². The van der Waals surface area contributed by atoms with Crippen LogP contribution >= 0.6 is 0 Å². The molecule has 6 heteroatoms. The summed E-state index contributed by atoms with van der Waals surface area (Å²) in [6.45, 7) is 1.57. The molecule has 1 aromatic heterocycles. The van der Waals surface area contributed by atoms with Gasteiger partial charge in [0.2, 0.25) is 0 Å². The number of rotatable bonds is 4. The standard InChI is InChI=1S/C12H17N3O3/c1-15(8-9-4-2-3-5-18-9)11-7-13-10(6-14-11)12(16)17/h6-7,9H,2-5,8H2,1H3,(H,16,17). The van der Waals surface area contributed by atoms with Crippen molar-refractivity contribution in [3.05, 3.63) is 18.1 Å². The van der Waals surface area contributed by atoms with E-state index in [1.807, 2.05) is 11.9 Å². The second-order valence-electron chi connectivity index (χ2n) is 4.43. The number of ether oxygens (including phenoxy) is 1. The molecule has 2 heterocycles. The van der Waals surface area contributed by atoms with Crippen molar-refractivity contribution in [2.75, 3.05) is 25.1 Å². The monoisotopic (exact) mass is 251 g/mol. The van der Waals surface area contributed by atoms with Crippen LogP contribution in [0.1, 0.15) is 29.8 Å². The molecule has 0 aromatic carbocycles. The van der Waals surface area contributed by atoms with Crippen LogP contribution in [-0.4, -0.2) is 47.3 Å². The zero-order valence-electron chi connectivity index (χ0n) is 10.4. The molecule has 0 aliphatic carbocycles. The van der Waals surface area contributed by atoms with Crippen molar-refractivity contribution in [1.29, 1.82) is 0 Å². The minimum atomic E-state index is -1.06. The number of nitrogens with zero attached hydrogens (tertiary/aromatic N) is 3. The van der Waals surface area contributed by atoms with Crippen molar-refractivity contribution in [1.82, 2.24) is 9.97 Å². The first kappa shape index (κ1) is 12.8. The predicted molar refractivity (Wildman–Crippen MR) is 65.9 cm³/mol. The molecule has 0 bridgehead atoms. The SMILES string of the molecule is CN(CC1CCCCO1)c1cnc(C(=O)O)cn1. The van der Waals surface area contributed by atoms with Crippen LogP contribution in [0.25, 0.3) is 0 Å². The van der Waals surface area contributed by atoms with Gasteiger partial charge in [-0.3, -0.25) is 0 Å². The molecule has 1 saturated heterocycles. The summed E-state index contributed by atoms with van der Waals surface area (Å²) in [7, 11) is 1.91. The van der Waals surface area contributed by atoms with Crippen molar-refractivity contribution in [2.24, 2.45) is 0 Å². The van der Waals surface area contributed by atoms with Gasteiger partial charge in [-0.2, -0.15) is 0 Å². The lowest BCUT2D eigenvalue weighted by atomic mass is 10.1. The Morgan fingerprint density at radius 2 is 2.33 bits per heavy atom. The van der Waals surface area contributed by atoms with E-state index < -0.39 is 5.97 Å². The molecule has 18 heavy (non-hydrogen) atoms. The molecule has 1 atom stereocenters. The van der Waals surface area contributed by atoms with E-state index in [9.17, 15) is 4.79 Å². The molecule has 0 spiro atoms. The van der Waals surface area contributed by atoms with Gasteiger partial charge in [-0.1, -0.05) is 0 Å². The highest BCUT2D eigenvalue weighted by Crippen LogP contribution is 2.15. The first-order valence-electron chi connectivity index (χ1n) is 6.05. The van der Waals surface area contributed by atoms with Gasteiger partial charge < -0.3 is 14.7 Å². The maximum absolute atomic E-state index is 10.7. The molecule has 0 saturated carbocycles. The average Bonchev–Trinajstić information content (AvgIpc) is 2.40. The Bertz CT molecular complexity index is 402. The predicted octanol–water partition coefficient (Wildman–Crippen LogP) is 1.18. The number of anilines is 1. The van der Waals surface area contributed by atoms with Gasteiger partial charge >= 0.3 is 5.97 Å². The van der Waals surface area contributed by atoms with E-state index in [0.717, 1.165) is 26.0 Å². The third-order valence-corrected chi connectivity index (χ3v) is 3.00. The van der Waals surface area contributed by atoms with Gasteiger partial charge in [-0.15, -0.1) is 0 Å². The number of hydrogen-bond donors (Lipinski definition) is 1. The zero-order valence-corrected chi connectivity index (χ0v) is 10.4. The summed E-state index contributed by atoms with van der Waals surface area (Å²) in [5, 5.41) is 8.74. The summed E-state index contributed by atoms with van der Waals surface area (Å²) in [6, 6.07) is 0. The molecular weight excluding hydrogens is 234 g/mol. The topological polar surface area (TPSA) is 75.5 Å². The average molecular weight is 251 g/mol. The van der Waals surface area contributed by atoms with E-state index in [2.05, 4.69) is 9.97 Å². The van der Waals surface area contributed by atoms with Gasteiger partial charge in [0.15, 0.2) is 5.69 Å². The Morgan fingerprint density at radius 3 is 2.89 bits per heavy atom. The van der Waals surface area contributed by atoms with E-state index >= 15 is 0 Å². The van der Waals surface area contributed by atoms with Crippen LogP contribution in [0, 0.1) is 0 Å². The summed E-state index contributed by atoms with van der Waals surface area (Å²) in [6.07, 6.45) is 6.37. The zero-order chi connectivity index (χ0) is 13.0. The number of hydrogen-bond acceptors (Lipinski definition) is 5. The molecule has 0 radical (unpaired) electrons. The number of aromatic carboxylic acids is 1. The maximum atomic E-state index is 10.7. The second-order valence-corrected chi connectivity index (χ2v) is 4.43. The third kappa shape index (κ3) is 3.16. The third-order valence-electron chi connectivity index (χ3n) is 3.00. The van der Waals surface area contributed by atoms with E-state index in [1.54, 1.807) is 0 Å². The highest BCUT2D eigenvalue weighted by Gasteiger charge is 2.17. The second kappa shape index (κ2) is 5.77. The normalized spacial score (nSPS) is 19.5. The summed E-state index contributed by atoms with van der Waals surface area (Å²) in [5.74, 6) is -0.401. The number of carboxylic acids is 1. The fraction of sp³-hybridized carbons (Fsp3) is 0.583. The largest absolute Gasteiger partial charge is 0.476 e. The fourth-order valence-electron chi connectivity index (χ4n) is 1.98. The first-order chi connectivity index (χ1) is 8.66. The Kier molecular flexibility index (Phi) is 4.09. The summed E-state index contributed by atoms with van der Waals surface area (Å²) in [4.78, 5) is 20.5. The molecule has 98 valence electrons. The number of likely N-dealkylation sites (N-methyl/N-ethyl adjacent to an activating group) is 1. The number of carbonyl (C=O) groups is 1. The van der Waals surface area contributed by atoms with Crippen LogP contribution in [0.5, 0.6) is 0 Å². The number of carboxylic acid groups (broad SMARTS) is 1. The number of aromatic nitrogens is 2. The molecule has 2 rings (SSSR count). The maximum Gasteiger partial charge on any atom is 0.356 e. The van der Waals surface area contributed by atoms with Crippen molar-refractivity contribution < 1.29 is 14.6 Å². The minimum Gasteiger partial charge on any atom is -0.476 e. The van der Waals surface area contributed by atoms with E-state index in [1.165, 1.54) is 18.8 Å².